The molecule has 2 aromatic heterocycles. The summed E-state index contributed by atoms with van der Waals surface area (Å²) < 4.78 is 29.2. The average Bonchev–Trinajstić information content (AvgIpc) is 3.30. The Labute approximate surface area is 201 Å². The number of benzene rings is 2. The Morgan fingerprint density at radius 1 is 1.14 bits per heavy atom. The van der Waals surface area contributed by atoms with Crippen LogP contribution < -0.4 is 16.2 Å². The maximum absolute atomic E-state index is 14.3. The quantitative estimate of drug-likeness (QED) is 0.309. The molecule has 0 fully saturated rings. The van der Waals surface area contributed by atoms with E-state index in [2.05, 4.69) is 10.6 Å². The van der Waals surface area contributed by atoms with Crippen molar-refractivity contribution in [2.24, 2.45) is 7.05 Å². The summed E-state index contributed by atoms with van der Waals surface area (Å²) >= 11 is 1.19. The molecule has 2 heterocycles. The number of pyridine rings is 1. The highest BCUT2D eigenvalue weighted by Gasteiger charge is 2.22. The zero-order valence-electron chi connectivity index (χ0n) is 18.2. The SMILES string of the molecule is Cn1c(=O)c(NC(=O)N[C@@H](CC(=O)O)c2cccc(-c3ccc(F)cc3F)c2)c(O)c2sccc21. The molecular formula is C24H19F2N3O5S. The van der Waals surface area contributed by atoms with Gasteiger partial charge in [0.2, 0.25) is 0 Å². The van der Waals surface area contributed by atoms with Gasteiger partial charge >= 0.3 is 12.0 Å². The van der Waals surface area contributed by atoms with E-state index in [0.717, 1.165) is 12.1 Å². The van der Waals surface area contributed by atoms with Crippen LogP contribution in [0.1, 0.15) is 18.0 Å². The van der Waals surface area contributed by atoms with E-state index in [1.54, 1.807) is 29.6 Å². The third-order valence-electron chi connectivity index (χ3n) is 5.43. The molecule has 180 valence electrons. The van der Waals surface area contributed by atoms with Crippen molar-refractivity contribution < 1.29 is 28.6 Å². The van der Waals surface area contributed by atoms with Crippen LogP contribution in [0.25, 0.3) is 21.3 Å². The fourth-order valence-electron chi connectivity index (χ4n) is 3.73. The van der Waals surface area contributed by atoms with E-state index in [0.29, 0.717) is 21.3 Å². The van der Waals surface area contributed by atoms with Crippen molar-refractivity contribution in [3.63, 3.8) is 0 Å². The fraction of sp³-hybridized carbons (Fsp3) is 0.125. The number of carboxylic acid groups (broad SMARTS) is 1. The molecular weight excluding hydrogens is 480 g/mol. The second-order valence-electron chi connectivity index (χ2n) is 7.72. The third kappa shape index (κ3) is 4.85. The van der Waals surface area contributed by atoms with Crippen LogP contribution in [0.4, 0.5) is 19.3 Å². The lowest BCUT2D eigenvalue weighted by atomic mass is 9.97. The molecule has 4 aromatic rings. The molecule has 1 atom stereocenters. The zero-order valence-corrected chi connectivity index (χ0v) is 19.0. The molecule has 4 N–H and O–H groups in total. The number of nitrogens with zero attached hydrogens (tertiary/aromatic N) is 1. The number of aromatic nitrogens is 1. The first-order valence-corrected chi connectivity index (χ1v) is 11.2. The van der Waals surface area contributed by atoms with Crippen molar-refractivity contribution in [3.05, 3.63) is 81.5 Å². The van der Waals surface area contributed by atoms with Crippen molar-refractivity contribution in [1.29, 1.82) is 0 Å². The fourth-order valence-corrected chi connectivity index (χ4v) is 4.60. The minimum Gasteiger partial charge on any atom is -0.504 e. The number of hydrogen-bond donors (Lipinski definition) is 4. The number of rotatable bonds is 6. The van der Waals surface area contributed by atoms with Gasteiger partial charge in [0.15, 0.2) is 11.4 Å². The van der Waals surface area contributed by atoms with Gasteiger partial charge in [0, 0.05) is 18.7 Å². The predicted octanol–water partition coefficient (Wildman–Crippen LogP) is 4.59. The second kappa shape index (κ2) is 9.55. The van der Waals surface area contributed by atoms with Crippen molar-refractivity contribution in [2.75, 3.05) is 5.32 Å². The maximum Gasteiger partial charge on any atom is 0.319 e. The largest absolute Gasteiger partial charge is 0.504 e. The van der Waals surface area contributed by atoms with Crippen molar-refractivity contribution >= 4 is 39.2 Å². The van der Waals surface area contributed by atoms with Crippen molar-refractivity contribution in [2.45, 2.75) is 12.5 Å². The van der Waals surface area contributed by atoms with Crippen molar-refractivity contribution in [1.82, 2.24) is 9.88 Å². The number of fused-ring (bicyclic) bond motifs is 1. The molecule has 0 radical (unpaired) electrons. The van der Waals surface area contributed by atoms with Crippen LogP contribution >= 0.6 is 11.3 Å². The Kier molecular flexibility index (Phi) is 6.52. The van der Waals surface area contributed by atoms with Gasteiger partial charge in [-0.05, 0) is 40.8 Å². The molecule has 35 heavy (non-hydrogen) atoms. The van der Waals surface area contributed by atoms with E-state index in [1.807, 2.05) is 0 Å². The summed E-state index contributed by atoms with van der Waals surface area (Å²) in [5.41, 5.74) is 0.298. The number of urea groups is 1. The smallest absolute Gasteiger partial charge is 0.319 e. The first-order chi connectivity index (χ1) is 16.7. The van der Waals surface area contributed by atoms with Gasteiger partial charge in [0.1, 0.15) is 11.6 Å². The average molecular weight is 499 g/mol. The molecule has 4 rings (SSSR count). The first-order valence-electron chi connectivity index (χ1n) is 10.3. The van der Waals surface area contributed by atoms with Crippen LogP contribution in [0, 0.1) is 11.6 Å². The van der Waals surface area contributed by atoms with Gasteiger partial charge in [-0.3, -0.25) is 9.59 Å². The molecule has 0 spiro atoms. The predicted molar refractivity (Wildman–Crippen MR) is 128 cm³/mol. The molecule has 2 aromatic carbocycles. The number of anilines is 1. The minimum absolute atomic E-state index is 0.101. The Morgan fingerprint density at radius 3 is 2.63 bits per heavy atom. The maximum atomic E-state index is 14.3. The molecule has 11 heteroatoms. The van der Waals surface area contributed by atoms with Crippen LogP contribution in [-0.2, 0) is 11.8 Å². The van der Waals surface area contributed by atoms with Crippen LogP contribution in [0.3, 0.4) is 0 Å². The van der Waals surface area contributed by atoms with Crippen LogP contribution in [-0.4, -0.2) is 26.8 Å². The third-order valence-corrected chi connectivity index (χ3v) is 6.34. The normalized spacial score (nSPS) is 11.9. The summed E-state index contributed by atoms with van der Waals surface area (Å²) in [7, 11) is 1.49. The van der Waals surface area contributed by atoms with Gasteiger partial charge in [-0.2, -0.15) is 0 Å². The van der Waals surface area contributed by atoms with Crippen molar-refractivity contribution in [3.8, 4) is 16.9 Å². The highest BCUT2D eigenvalue weighted by molar-refractivity contribution is 7.17. The van der Waals surface area contributed by atoms with Gasteiger partial charge in [-0.15, -0.1) is 11.3 Å². The monoisotopic (exact) mass is 499 g/mol. The lowest BCUT2D eigenvalue weighted by Crippen LogP contribution is -2.36. The first kappa shape index (κ1) is 23.9. The Balaban J connectivity index is 1.63. The van der Waals surface area contributed by atoms with E-state index in [-0.39, 0.29) is 11.3 Å². The number of aryl methyl sites for hydroxylation is 1. The van der Waals surface area contributed by atoms with Gasteiger partial charge in [0.05, 0.1) is 22.7 Å². The highest BCUT2D eigenvalue weighted by Crippen LogP contribution is 2.33. The topological polar surface area (TPSA) is 121 Å². The number of thiophene rings is 1. The number of nitrogens with one attached hydrogen (secondary N) is 2. The van der Waals surface area contributed by atoms with Gasteiger partial charge < -0.3 is 25.4 Å². The summed E-state index contributed by atoms with van der Waals surface area (Å²) in [6.07, 6.45) is -0.517. The number of carbonyl (C=O) groups excluding carboxylic acids is 1. The van der Waals surface area contributed by atoms with E-state index in [1.165, 1.54) is 35.1 Å². The van der Waals surface area contributed by atoms with Gasteiger partial charge in [-0.25, -0.2) is 13.6 Å². The molecule has 2 amide bonds. The number of halogens is 2. The molecule has 0 saturated heterocycles. The lowest BCUT2D eigenvalue weighted by Gasteiger charge is -2.19. The van der Waals surface area contributed by atoms with Crippen LogP contribution in [0.2, 0.25) is 0 Å². The number of aromatic hydroxyl groups is 1. The molecule has 8 nitrogen and oxygen atoms in total. The summed E-state index contributed by atoms with van der Waals surface area (Å²) in [4.78, 5) is 36.9. The lowest BCUT2D eigenvalue weighted by molar-refractivity contribution is -0.137. The molecule has 0 saturated carbocycles. The number of hydrogen-bond acceptors (Lipinski definition) is 5. The molecule has 0 aliphatic carbocycles. The zero-order chi connectivity index (χ0) is 25.3. The molecule has 0 bridgehead atoms. The van der Waals surface area contributed by atoms with Crippen LogP contribution in [0.5, 0.6) is 5.75 Å². The van der Waals surface area contributed by atoms with E-state index < -0.39 is 47.4 Å². The number of amides is 2. The standard InChI is InChI=1S/C24H19F2N3O5S/c1-29-18-7-8-35-22(18)21(32)20(23(29)33)28-24(34)27-17(11-19(30)31)13-4-2-3-12(9-13)15-6-5-14(25)10-16(15)26/h2-10,17,32H,11H2,1H3,(H,30,31)(H2,27,28,34)/t17-/m0/s1. The van der Waals surface area contributed by atoms with Gasteiger partial charge in [-0.1, -0.05) is 18.2 Å². The summed E-state index contributed by atoms with van der Waals surface area (Å²) in [5.74, 6) is -3.14. The highest BCUT2D eigenvalue weighted by atomic mass is 32.1. The molecule has 0 aliphatic rings. The Morgan fingerprint density at radius 2 is 1.91 bits per heavy atom. The molecule has 0 aliphatic heterocycles. The van der Waals surface area contributed by atoms with Crippen LogP contribution in [0.15, 0.2) is 58.7 Å². The summed E-state index contributed by atoms with van der Waals surface area (Å²) in [6, 6.07) is 8.92. The minimum atomic E-state index is -1.22. The number of aliphatic carboxylic acids is 1. The van der Waals surface area contributed by atoms with E-state index >= 15 is 0 Å². The second-order valence-corrected chi connectivity index (χ2v) is 8.64. The Bertz CT molecular complexity index is 1520. The summed E-state index contributed by atoms with van der Waals surface area (Å²) in [6.45, 7) is 0. The number of carbonyl (C=O) groups is 2. The summed E-state index contributed by atoms with van der Waals surface area (Å²) in [5, 5.41) is 26.4. The van der Waals surface area contributed by atoms with E-state index in [9.17, 15) is 33.4 Å². The van der Waals surface area contributed by atoms with E-state index in [4.69, 9.17) is 0 Å². The molecule has 0 unspecified atom stereocenters. The Hall–Kier alpha value is -4.25. The van der Waals surface area contributed by atoms with Gasteiger partial charge in [0.25, 0.3) is 5.56 Å². The number of carboxylic acids is 1.